The first-order valence-corrected chi connectivity index (χ1v) is 7.33. The molecule has 0 aliphatic heterocycles. The van der Waals surface area contributed by atoms with Gasteiger partial charge in [0, 0.05) is 16.5 Å². The van der Waals surface area contributed by atoms with E-state index in [-0.39, 0.29) is 11.9 Å². The van der Waals surface area contributed by atoms with Gasteiger partial charge < -0.3 is 5.32 Å². The van der Waals surface area contributed by atoms with Crippen LogP contribution in [0.5, 0.6) is 0 Å². The van der Waals surface area contributed by atoms with E-state index in [0.29, 0.717) is 0 Å². The summed E-state index contributed by atoms with van der Waals surface area (Å²) in [6, 6.07) is 5.44. The van der Waals surface area contributed by atoms with E-state index in [0.717, 1.165) is 22.8 Å². The second-order valence-electron chi connectivity index (χ2n) is 4.13. The number of unbranched alkanes of at least 4 members (excludes halogenated alkanes) is 1. The van der Waals surface area contributed by atoms with E-state index < -0.39 is 0 Å². The van der Waals surface area contributed by atoms with Crippen molar-refractivity contribution in [3.63, 3.8) is 0 Å². The van der Waals surface area contributed by atoms with Gasteiger partial charge in [-0.3, -0.25) is 0 Å². The first-order valence-electron chi connectivity index (χ1n) is 6.35. The summed E-state index contributed by atoms with van der Waals surface area (Å²) in [6.45, 7) is 7.09. The van der Waals surface area contributed by atoms with Gasteiger partial charge in [0.1, 0.15) is 5.82 Å². The second-order valence-corrected chi connectivity index (χ2v) is 5.27. The zero-order valence-electron chi connectivity index (χ0n) is 10.9. The van der Waals surface area contributed by atoms with E-state index in [1.54, 1.807) is 23.9 Å². The van der Waals surface area contributed by atoms with Crippen molar-refractivity contribution in [2.24, 2.45) is 0 Å². The maximum absolute atomic E-state index is 13.9. The molecule has 0 spiro atoms. The fraction of sp³-hybridized carbons (Fsp3) is 0.571. The van der Waals surface area contributed by atoms with Crippen LogP contribution in [0.15, 0.2) is 23.1 Å². The van der Waals surface area contributed by atoms with Crippen LogP contribution >= 0.6 is 11.8 Å². The summed E-state index contributed by atoms with van der Waals surface area (Å²) in [5.74, 6) is 0.964. The van der Waals surface area contributed by atoms with Gasteiger partial charge in [-0.25, -0.2) is 4.39 Å². The molecule has 1 atom stereocenters. The predicted molar refractivity (Wildman–Crippen MR) is 74.1 cm³/mol. The molecule has 0 aliphatic rings. The smallest absolute Gasteiger partial charge is 0.129 e. The molecule has 0 saturated heterocycles. The molecule has 1 aromatic carbocycles. The fourth-order valence-electron chi connectivity index (χ4n) is 1.80. The lowest BCUT2D eigenvalue weighted by molar-refractivity contribution is 0.531. The molecule has 0 heterocycles. The van der Waals surface area contributed by atoms with Crippen molar-refractivity contribution < 1.29 is 4.39 Å². The molecule has 0 aromatic heterocycles. The highest BCUT2D eigenvalue weighted by atomic mass is 32.2. The minimum Gasteiger partial charge on any atom is -0.310 e. The Bertz CT molecular complexity index is 341. The zero-order valence-corrected chi connectivity index (χ0v) is 11.7. The van der Waals surface area contributed by atoms with Gasteiger partial charge in [0.15, 0.2) is 0 Å². The molecule has 0 bridgehead atoms. The number of nitrogens with one attached hydrogen (secondary N) is 1. The minimum absolute atomic E-state index is 0.0744. The topological polar surface area (TPSA) is 12.0 Å². The van der Waals surface area contributed by atoms with Crippen LogP contribution in [0.1, 0.15) is 45.2 Å². The Morgan fingerprint density at radius 2 is 2.12 bits per heavy atom. The summed E-state index contributed by atoms with van der Waals surface area (Å²) in [7, 11) is 0. The SMILES string of the molecule is CCCCSc1cccc(F)c1C(C)NCC. The summed E-state index contributed by atoms with van der Waals surface area (Å²) in [5, 5.41) is 3.28. The standard InChI is InChI=1S/C14H22FNS/c1-4-6-10-17-13-9-7-8-12(15)14(13)11(3)16-5-2/h7-9,11,16H,4-6,10H2,1-3H3. The Hall–Kier alpha value is -0.540. The largest absolute Gasteiger partial charge is 0.310 e. The lowest BCUT2D eigenvalue weighted by Gasteiger charge is -2.17. The van der Waals surface area contributed by atoms with Crippen molar-refractivity contribution in [3.05, 3.63) is 29.6 Å². The van der Waals surface area contributed by atoms with Crippen LogP contribution in [0.4, 0.5) is 4.39 Å². The monoisotopic (exact) mass is 255 g/mol. The highest BCUT2D eigenvalue weighted by molar-refractivity contribution is 7.99. The van der Waals surface area contributed by atoms with E-state index in [1.165, 1.54) is 12.8 Å². The Morgan fingerprint density at radius 3 is 2.76 bits per heavy atom. The normalized spacial score (nSPS) is 12.7. The maximum atomic E-state index is 13.9. The van der Waals surface area contributed by atoms with Crippen LogP contribution in [0.25, 0.3) is 0 Å². The summed E-state index contributed by atoms with van der Waals surface area (Å²) < 4.78 is 13.9. The highest BCUT2D eigenvalue weighted by Gasteiger charge is 2.14. The second kappa shape index (κ2) is 7.72. The third-order valence-corrected chi connectivity index (χ3v) is 3.87. The molecule has 1 unspecified atom stereocenters. The quantitative estimate of drug-likeness (QED) is 0.573. The fourth-order valence-corrected chi connectivity index (χ4v) is 3.06. The summed E-state index contributed by atoms with van der Waals surface area (Å²) in [4.78, 5) is 1.08. The van der Waals surface area contributed by atoms with E-state index >= 15 is 0 Å². The van der Waals surface area contributed by atoms with Crippen molar-refractivity contribution >= 4 is 11.8 Å². The minimum atomic E-state index is -0.0973. The van der Waals surface area contributed by atoms with Crippen LogP contribution in [0.2, 0.25) is 0 Å². The van der Waals surface area contributed by atoms with Gasteiger partial charge in [0.25, 0.3) is 0 Å². The first-order chi connectivity index (χ1) is 8.20. The molecule has 3 heteroatoms. The molecule has 0 radical (unpaired) electrons. The van der Waals surface area contributed by atoms with Crippen molar-refractivity contribution in [2.75, 3.05) is 12.3 Å². The Kier molecular flexibility index (Phi) is 6.60. The first kappa shape index (κ1) is 14.5. The third kappa shape index (κ3) is 4.32. The van der Waals surface area contributed by atoms with Crippen LogP contribution in [-0.2, 0) is 0 Å². The van der Waals surface area contributed by atoms with Crippen molar-refractivity contribution in [1.82, 2.24) is 5.32 Å². The molecule has 1 N–H and O–H groups in total. The lowest BCUT2D eigenvalue weighted by Crippen LogP contribution is -2.19. The molecule has 0 saturated carbocycles. The van der Waals surface area contributed by atoms with E-state index in [9.17, 15) is 4.39 Å². The number of rotatable bonds is 7. The van der Waals surface area contributed by atoms with Gasteiger partial charge in [-0.2, -0.15) is 0 Å². The molecule has 0 amide bonds. The van der Waals surface area contributed by atoms with Crippen molar-refractivity contribution in [2.45, 2.75) is 44.6 Å². The summed E-state index contributed by atoms with van der Waals surface area (Å²) in [6.07, 6.45) is 2.36. The molecular weight excluding hydrogens is 233 g/mol. The molecular formula is C14H22FNS. The van der Waals surface area contributed by atoms with E-state index in [2.05, 4.69) is 12.2 Å². The molecule has 0 fully saturated rings. The Morgan fingerprint density at radius 1 is 1.35 bits per heavy atom. The third-order valence-electron chi connectivity index (χ3n) is 2.71. The van der Waals surface area contributed by atoms with Crippen LogP contribution in [0, 0.1) is 5.82 Å². The van der Waals surface area contributed by atoms with Gasteiger partial charge >= 0.3 is 0 Å². The number of thioether (sulfide) groups is 1. The van der Waals surface area contributed by atoms with Crippen LogP contribution < -0.4 is 5.32 Å². The number of hydrogen-bond acceptors (Lipinski definition) is 2. The number of halogens is 1. The molecule has 96 valence electrons. The van der Waals surface area contributed by atoms with Gasteiger partial charge in [-0.1, -0.05) is 26.3 Å². The Labute approximate surface area is 108 Å². The Balaban J connectivity index is 2.83. The maximum Gasteiger partial charge on any atom is 0.129 e. The summed E-state index contributed by atoms with van der Waals surface area (Å²) >= 11 is 1.76. The number of benzene rings is 1. The summed E-state index contributed by atoms with van der Waals surface area (Å²) in [5.41, 5.74) is 0.815. The molecule has 0 aliphatic carbocycles. The average molecular weight is 255 g/mol. The van der Waals surface area contributed by atoms with Gasteiger partial charge in [-0.15, -0.1) is 11.8 Å². The zero-order chi connectivity index (χ0) is 12.7. The van der Waals surface area contributed by atoms with Gasteiger partial charge in [0.2, 0.25) is 0 Å². The predicted octanol–water partition coefficient (Wildman–Crippen LogP) is 4.39. The molecule has 1 nitrogen and oxygen atoms in total. The van der Waals surface area contributed by atoms with Crippen molar-refractivity contribution in [3.8, 4) is 0 Å². The molecule has 1 aromatic rings. The van der Waals surface area contributed by atoms with Crippen molar-refractivity contribution in [1.29, 1.82) is 0 Å². The van der Waals surface area contributed by atoms with Crippen LogP contribution in [-0.4, -0.2) is 12.3 Å². The highest BCUT2D eigenvalue weighted by Crippen LogP contribution is 2.30. The van der Waals surface area contributed by atoms with Gasteiger partial charge in [0.05, 0.1) is 0 Å². The number of hydrogen-bond donors (Lipinski definition) is 1. The van der Waals surface area contributed by atoms with E-state index in [1.807, 2.05) is 19.9 Å². The van der Waals surface area contributed by atoms with Gasteiger partial charge in [-0.05, 0) is 37.8 Å². The lowest BCUT2D eigenvalue weighted by atomic mass is 10.1. The molecule has 17 heavy (non-hydrogen) atoms. The van der Waals surface area contributed by atoms with Crippen LogP contribution in [0.3, 0.4) is 0 Å². The van der Waals surface area contributed by atoms with E-state index in [4.69, 9.17) is 0 Å². The molecule has 1 rings (SSSR count). The average Bonchev–Trinajstić information content (AvgIpc) is 2.29.